The quantitative estimate of drug-likeness (QED) is 0.617. The maximum Gasteiger partial charge on any atom is 0.0585 e. The summed E-state index contributed by atoms with van der Waals surface area (Å²) in [5, 5.41) is 3.43. The van der Waals surface area contributed by atoms with Crippen molar-refractivity contribution in [3.8, 4) is 0 Å². The normalized spacial score (nSPS) is 12.4. The van der Waals surface area contributed by atoms with Crippen molar-refractivity contribution in [3.63, 3.8) is 0 Å². The molecule has 0 saturated carbocycles. The summed E-state index contributed by atoms with van der Waals surface area (Å²) >= 11 is 5.97. The van der Waals surface area contributed by atoms with E-state index in [0.29, 0.717) is 0 Å². The van der Waals surface area contributed by atoms with Crippen molar-refractivity contribution < 1.29 is 0 Å². The Kier molecular flexibility index (Phi) is 6.05. The van der Waals surface area contributed by atoms with Crippen LogP contribution in [0.5, 0.6) is 0 Å². The molecule has 2 aromatic rings. The van der Waals surface area contributed by atoms with E-state index >= 15 is 0 Å². The molecule has 0 spiro atoms. The second-order valence-corrected chi connectivity index (χ2v) is 6.96. The molecule has 1 atom stereocenters. The molecule has 0 aliphatic rings. The Morgan fingerprint density at radius 3 is 2.45 bits per heavy atom. The van der Waals surface area contributed by atoms with Gasteiger partial charge in [-0.2, -0.15) is 0 Å². The topological polar surface area (TPSA) is 12.0 Å². The van der Waals surface area contributed by atoms with Gasteiger partial charge in [-0.1, -0.05) is 53.5 Å². The molecule has 0 amide bonds. The molecule has 1 unspecified atom stereocenters. The summed E-state index contributed by atoms with van der Waals surface area (Å²) in [6.45, 7) is 2.22. The lowest BCUT2D eigenvalue weighted by Crippen LogP contribution is -2.18. The first-order chi connectivity index (χ1) is 9.65. The second kappa shape index (κ2) is 7.57. The number of aryl methyl sites for hydroxylation is 1. The fourth-order valence-corrected chi connectivity index (χ4v) is 3.43. The third kappa shape index (κ3) is 3.83. The molecule has 0 heterocycles. The fraction of sp³-hybridized carbons (Fsp3) is 0.294. The first-order valence-corrected chi connectivity index (χ1v) is 8.74. The summed E-state index contributed by atoms with van der Waals surface area (Å²) in [4.78, 5) is 0. The van der Waals surface area contributed by atoms with Crippen LogP contribution in [0.25, 0.3) is 0 Å². The van der Waals surface area contributed by atoms with Crippen LogP contribution in [-0.4, -0.2) is 7.05 Å². The molecule has 2 rings (SSSR count). The molecule has 0 radical (unpaired) electrons. The van der Waals surface area contributed by atoms with Gasteiger partial charge in [0.25, 0.3) is 0 Å². The molecule has 0 saturated heterocycles. The van der Waals surface area contributed by atoms with Crippen LogP contribution in [0.2, 0.25) is 0 Å². The average Bonchev–Trinajstić information content (AvgIpc) is 2.45. The van der Waals surface area contributed by atoms with Crippen LogP contribution in [0.15, 0.2) is 46.9 Å². The highest BCUT2D eigenvalue weighted by Gasteiger charge is 2.15. The van der Waals surface area contributed by atoms with Gasteiger partial charge in [-0.15, -0.1) is 0 Å². The first-order valence-electron chi connectivity index (χ1n) is 6.86. The molecule has 1 N–H and O–H groups in total. The minimum atomic E-state index is 0.232. The van der Waals surface area contributed by atoms with Crippen molar-refractivity contribution in [1.29, 1.82) is 0 Å². The highest BCUT2D eigenvalue weighted by molar-refractivity contribution is 14.1. The number of benzene rings is 2. The molecule has 2 aromatic carbocycles. The molecule has 0 fully saturated rings. The number of halogens is 2. The summed E-state index contributed by atoms with van der Waals surface area (Å²) in [5.41, 5.74) is 4.03. The summed E-state index contributed by atoms with van der Waals surface area (Å²) in [5.74, 6) is 0. The average molecular weight is 444 g/mol. The Hall–Kier alpha value is -0.390. The smallest absolute Gasteiger partial charge is 0.0585 e. The molecule has 0 aliphatic heterocycles. The van der Waals surface area contributed by atoms with Crippen LogP contribution < -0.4 is 5.32 Å². The van der Waals surface area contributed by atoms with Gasteiger partial charge in [0.1, 0.15) is 0 Å². The van der Waals surface area contributed by atoms with E-state index < -0.39 is 0 Å². The van der Waals surface area contributed by atoms with Gasteiger partial charge >= 0.3 is 0 Å². The summed E-state index contributed by atoms with van der Waals surface area (Å²) in [6.07, 6.45) is 2.34. The predicted molar refractivity (Wildman–Crippen MR) is 98.2 cm³/mol. The van der Waals surface area contributed by atoms with Crippen molar-refractivity contribution >= 4 is 38.5 Å². The van der Waals surface area contributed by atoms with E-state index in [1.807, 2.05) is 7.05 Å². The molecule has 3 heteroatoms. The predicted octanol–water partition coefficient (Wildman–Crippen LogP) is 5.32. The van der Waals surface area contributed by atoms with Crippen molar-refractivity contribution in [1.82, 2.24) is 5.32 Å². The van der Waals surface area contributed by atoms with Gasteiger partial charge in [-0.25, -0.2) is 0 Å². The molecular formula is C17H19BrIN. The number of rotatable bonds is 5. The van der Waals surface area contributed by atoms with Crippen molar-refractivity contribution in [3.05, 3.63) is 67.2 Å². The van der Waals surface area contributed by atoms with E-state index in [1.165, 1.54) is 26.7 Å². The van der Waals surface area contributed by atoms with E-state index in [1.54, 1.807) is 0 Å². The van der Waals surface area contributed by atoms with Crippen LogP contribution in [0.1, 0.15) is 36.1 Å². The van der Waals surface area contributed by atoms with Gasteiger partial charge < -0.3 is 5.32 Å². The maximum absolute atomic E-state index is 3.57. The Morgan fingerprint density at radius 2 is 1.85 bits per heavy atom. The zero-order valence-electron chi connectivity index (χ0n) is 11.8. The Balaban J connectivity index is 2.34. The van der Waals surface area contributed by atoms with Crippen LogP contribution in [0, 0.1) is 3.57 Å². The van der Waals surface area contributed by atoms with Gasteiger partial charge in [-0.05, 0) is 70.9 Å². The first kappa shape index (κ1) is 16.0. The van der Waals surface area contributed by atoms with E-state index in [2.05, 4.69) is 93.2 Å². The minimum Gasteiger partial charge on any atom is -0.309 e. The number of hydrogen-bond donors (Lipinski definition) is 1. The lowest BCUT2D eigenvalue weighted by Gasteiger charge is -2.19. The largest absolute Gasteiger partial charge is 0.309 e. The van der Waals surface area contributed by atoms with Gasteiger partial charge in [0, 0.05) is 8.04 Å². The Bertz CT molecular complexity index is 566. The standard InChI is InChI=1S/C17H19BrIN/c1-3-4-12-5-7-13(8-6-12)17(20-2)15-11-14(18)9-10-16(15)19/h5-11,17,20H,3-4H2,1-2H3. The lowest BCUT2D eigenvalue weighted by atomic mass is 9.97. The van der Waals surface area contributed by atoms with Gasteiger partial charge in [-0.3, -0.25) is 0 Å². The molecular weight excluding hydrogens is 425 g/mol. The molecule has 20 heavy (non-hydrogen) atoms. The Morgan fingerprint density at radius 1 is 1.15 bits per heavy atom. The monoisotopic (exact) mass is 443 g/mol. The molecule has 0 aromatic heterocycles. The number of hydrogen-bond acceptors (Lipinski definition) is 1. The van der Waals surface area contributed by atoms with E-state index in [-0.39, 0.29) is 6.04 Å². The molecule has 106 valence electrons. The highest BCUT2D eigenvalue weighted by atomic mass is 127. The third-order valence-electron chi connectivity index (χ3n) is 3.41. The fourth-order valence-electron chi connectivity index (χ4n) is 2.40. The third-order valence-corrected chi connectivity index (χ3v) is 4.89. The van der Waals surface area contributed by atoms with Crippen LogP contribution >= 0.6 is 38.5 Å². The van der Waals surface area contributed by atoms with Crippen molar-refractivity contribution in [2.75, 3.05) is 7.05 Å². The summed E-state index contributed by atoms with van der Waals surface area (Å²) in [7, 11) is 2.02. The van der Waals surface area contributed by atoms with Gasteiger partial charge in [0.15, 0.2) is 0 Å². The Labute approximate surface area is 143 Å². The SMILES string of the molecule is CCCc1ccc(C(NC)c2cc(Br)ccc2I)cc1. The zero-order chi connectivity index (χ0) is 14.5. The van der Waals surface area contributed by atoms with Crippen LogP contribution in [0.4, 0.5) is 0 Å². The van der Waals surface area contributed by atoms with Crippen LogP contribution in [0.3, 0.4) is 0 Å². The van der Waals surface area contributed by atoms with Crippen LogP contribution in [-0.2, 0) is 6.42 Å². The van der Waals surface area contributed by atoms with Crippen molar-refractivity contribution in [2.45, 2.75) is 25.8 Å². The second-order valence-electron chi connectivity index (χ2n) is 4.88. The van der Waals surface area contributed by atoms with Crippen molar-refractivity contribution in [2.24, 2.45) is 0 Å². The highest BCUT2D eigenvalue weighted by Crippen LogP contribution is 2.29. The lowest BCUT2D eigenvalue weighted by molar-refractivity contribution is 0.687. The van der Waals surface area contributed by atoms with E-state index in [4.69, 9.17) is 0 Å². The van der Waals surface area contributed by atoms with Gasteiger partial charge in [0.05, 0.1) is 6.04 Å². The van der Waals surface area contributed by atoms with E-state index in [0.717, 1.165) is 10.9 Å². The van der Waals surface area contributed by atoms with E-state index in [9.17, 15) is 0 Å². The summed E-state index contributed by atoms with van der Waals surface area (Å²) < 4.78 is 2.40. The number of nitrogens with one attached hydrogen (secondary N) is 1. The minimum absolute atomic E-state index is 0.232. The zero-order valence-corrected chi connectivity index (χ0v) is 15.5. The summed E-state index contributed by atoms with van der Waals surface area (Å²) in [6, 6.07) is 15.6. The molecule has 1 nitrogen and oxygen atoms in total. The van der Waals surface area contributed by atoms with Gasteiger partial charge in [0.2, 0.25) is 0 Å². The maximum atomic E-state index is 3.57. The molecule has 0 aliphatic carbocycles. The molecule has 0 bridgehead atoms.